The first-order valence-corrected chi connectivity index (χ1v) is 5.67. The second-order valence-corrected chi connectivity index (χ2v) is 3.79. The standard InChI is InChI=1S/C13H16N4/c1-2-17(13-8-5-9-15-16-13)10-11-6-3-4-7-12(11)14/h3-9H,2,10,14H2,1H3. The van der Waals surface area contributed by atoms with Gasteiger partial charge in [0.15, 0.2) is 5.82 Å². The van der Waals surface area contributed by atoms with Crippen LogP contribution >= 0.6 is 0 Å². The first-order valence-electron chi connectivity index (χ1n) is 5.67. The molecule has 2 aromatic rings. The van der Waals surface area contributed by atoms with E-state index < -0.39 is 0 Å². The predicted molar refractivity (Wildman–Crippen MR) is 69.6 cm³/mol. The van der Waals surface area contributed by atoms with Crippen LogP contribution in [0.2, 0.25) is 0 Å². The quantitative estimate of drug-likeness (QED) is 0.814. The lowest BCUT2D eigenvalue weighted by Crippen LogP contribution is -2.23. The molecule has 4 heteroatoms. The van der Waals surface area contributed by atoms with Gasteiger partial charge in [-0.3, -0.25) is 0 Å². The molecule has 0 amide bonds. The fourth-order valence-electron chi connectivity index (χ4n) is 1.70. The van der Waals surface area contributed by atoms with Crippen LogP contribution in [0.25, 0.3) is 0 Å². The van der Waals surface area contributed by atoms with Gasteiger partial charge >= 0.3 is 0 Å². The van der Waals surface area contributed by atoms with Gasteiger partial charge in [0.05, 0.1) is 0 Å². The Balaban J connectivity index is 2.19. The van der Waals surface area contributed by atoms with Crippen molar-refractivity contribution in [1.82, 2.24) is 10.2 Å². The van der Waals surface area contributed by atoms with Crippen molar-refractivity contribution in [3.8, 4) is 0 Å². The highest BCUT2D eigenvalue weighted by Crippen LogP contribution is 2.17. The minimum atomic E-state index is 0.752. The van der Waals surface area contributed by atoms with Gasteiger partial charge in [-0.05, 0) is 30.7 Å². The molecule has 2 N–H and O–H groups in total. The van der Waals surface area contributed by atoms with Gasteiger partial charge in [0.25, 0.3) is 0 Å². The summed E-state index contributed by atoms with van der Waals surface area (Å²) in [6.07, 6.45) is 1.67. The van der Waals surface area contributed by atoms with Crippen LogP contribution in [0.4, 0.5) is 11.5 Å². The van der Waals surface area contributed by atoms with Crippen molar-refractivity contribution in [3.05, 3.63) is 48.2 Å². The number of nitrogens with two attached hydrogens (primary N) is 1. The smallest absolute Gasteiger partial charge is 0.151 e. The Hall–Kier alpha value is -2.10. The lowest BCUT2D eigenvalue weighted by Gasteiger charge is -2.21. The summed E-state index contributed by atoms with van der Waals surface area (Å²) in [6, 6.07) is 11.7. The summed E-state index contributed by atoms with van der Waals surface area (Å²) >= 11 is 0. The molecule has 0 aliphatic rings. The monoisotopic (exact) mass is 228 g/mol. The number of hydrogen-bond donors (Lipinski definition) is 1. The second-order valence-electron chi connectivity index (χ2n) is 3.79. The Labute approximate surface area is 101 Å². The van der Waals surface area contributed by atoms with Crippen LogP contribution in [0.3, 0.4) is 0 Å². The molecule has 0 aliphatic heterocycles. The van der Waals surface area contributed by atoms with Gasteiger partial charge in [-0.25, -0.2) is 0 Å². The zero-order valence-electron chi connectivity index (χ0n) is 9.87. The Morgan fingerprint density at radius 2 is 2.00 bits per heavy atom. The van der Waals surface area contributed by atoms with Crippen molar-refractivity contribution in [2.75, 3.05) is 17.2 Å². The molecule has 1 aromatic carbocycles. The SMILES string of the molecule is CCN(Cc1ccccc1N)c1cccnn1. The Kier molecular flexibility index (Phi) is 3.55. The molecule has 88 valence electrons. The Bertz CT molecular complexity index is 470. The normalized spacial score (nSPS) is 10.2. The molecular formula is C13H16N4. The van der Waals surface area contributed by atoms with Crippen molar-refractivity contribution in [3.63, 3.8) is 0 Å². The van der Waals surface area contributed by atoms with E-state index in [1.54, 1.807) is 6.20 Å². The summed E-state index contributed by atoms with van der Waals surface area (Å²) < 4.78 is 0. The van der Waals surface area contributed by atoms with Gasteiger partial charge in [0.2, 0.25) is 0 Å². The summed E-state index contributed by atoms with van der Waals surface area (Å²) in [7, 11) is 0. The van der Waals surface area contributed by atoms with Crippen LogP contribution in [0, 0.1) is 0 Å². The van der Waals surface area contributed by atoms with Gasteiger partial charge in [-0.15, -0.1) is 5.10 Å². The van der Waals surface area contributed by atoms with E-state index in [0.717, 1.165) is 30.2 Å². The van der Waals surface area contributed by atoms with Gasteiger partial charge in [0.1, 0.15) is 0 Å². The van der Waals surface area contributed by atoms with E-state index in [2.05, 4.69) is 22.0 Å². The van der Waals surface area contributed by atoms with E-state index in [1.165, 1.54) is 0 Å². The number of benzene rings is 1. The van der Waals surface area contributed by atoms with E-state index in [4.69, 9.17) is 5.73 Å². The first kappa shape index (κ1) is 11.4. The summed E-state index contributed by atoms with van der Waals surface area (Å²) in [5.74, 6) is 0.873. The molecule has 0 radical (unpaired) electrons. The highest BCUT2D eigenvalue weighted by atomic mass is 15.2. The highest BCUT2D eigenvalue weighted by Gasteiger charge is 2.08. The number of para-hydroxylation sites is 1. The van der Waals surface area contributed by atoms with E-state index >= 15 is 0 Å². The maximum Gasteiger partial charge on any atom is 0.151 e. The van der Waals surface area contributed by atoms with Crippen molar-refractivity contribution < 1.29 is 0 Å². The lowest BCUT2D eigenvalue weighted by molar-refractivity contribution is 0.797. The number of nitrogens with zero attached hydrogens (tertiary/aromatic N) is 3. The summed E-state index contributed by atoms with van der Waals surface area (Å²) in [6.45, 7) is 3.71. The van der Waals surface area contributed by atoms with Gasteiger partial charge in [-0.1, -0.05) is 18.2 Å². The highest BCUT2D eigenvalue weighted by molar-refractivity contribution is 5.49. The third kappa shape index (κ3) is 2.72. The predicted octanol–water partition coefficient (Wildman–Crippen LogP) is 2.09. The molecule has 0 atom stereocenters. The van der Waals surface area contributed by atoms with E-state index in [-0.39, 0.29) is 0 Å². The molecule has 0 bridgehead atoms. The topological polar surface area (TPSA) is 55.0 Å². The summed E-state index contributed by atoms with van der Waals surface area (Å²) in [5.41, 5.74) is 7.86. The third-order valence-corrected chi connectivity index (χ3v) is 2.68. The van der Waals surface area contributed by atoms with Crippen molar-refractivity contribution in [2.45, 2.75) is 13.5 Å². The molecule has 2 rings (SSSR count). The molecule has 1 heterocycles. The number of anilines is 2. The van der Waals surface area contributed by atoms with Crippen LogP contribution in [0.15, 0.2) is 42.6 Å². The van der Waals surface area contributed by atoms with E-state index in [9.17, 15) is 0 Å². The minimum Gasteiger partial charge on any atom is -0.398 e. The third-order valence-electron chi connectivity index (χ3n) is 2.68. The van der Waals surface area contributed by atoms with Gasteiger partial charge in [-0.2, -0.15) is 5.10 Å². The molecule has 17 heavy (non-hydrogen) atoms. The Morgan fingerprint density at radius 1 is 1.18 bits per heavy atom. The zero-order chi connectivity index (χ0) is 12.1. The minimum absolute atomic E-state index is 0.752. The van der Waals surface area contributed by atoms with Crippen molar-refractivity contribution >= 4 is 11.5 Å². The zero-order valence-corrected chi connectivity index (χ0v) is 9.87. The van der Waals surface area contributed by atoms with Crippen molar-refractivity contribution in [1.29, 1.82) is 0 Å². The lowest BCUT2D eigenvalue weighted by atomic mass is 10.1. The van der Waals surface area contributed by atoms with Crippen molar-refractivity contribution in [2.24, 2.45) is 0 Å². The summed E-state index contributed by atoms with van der Waals surface area (Å²) in [5, 5.41) is 8.01. The largest absolute Gasteiger partial charge is 0.398 e. The molecule has 0 spiro atoms. The molecule has 0 saturated carbocycles. The summed E-state index contributed by atoms with van der Waals surface area (Å²) in [4.78, 5) is 2.14. The van der Waals surface area contributed by atoms with Gasteiger partial charge < -0.3 is 10.6 Å². The van der Waals surface area contributed by atoms with Gasteiger partial charge in [0, 0.05) is 25.0 Å². The molecule has 0 unspecified atom stereocenters. The van der Waals surface area contributed by atoms with E-state index in [0.29, 0.717) is 0 Å². The molecular weight excluding hydrogens is 212 g/mol. The fraction of sp³-hybridized carbons (Fsp3) is 0.231. The molecule has 1 aromatic heterocycles. The average Bonchev–Trinajstić information content (AvgIpc) is 2.39. The first-order chi connectivity index (χ1) is 8.31. The number of nitrogen functional groups attached to an aromatic ring is 1. The maximum atomic E-state index is 5.94. The number of rotatable bonds is 4. The molecule has 4 nitrogen and oxygen atoms in total. The number of aromatic nitrogens is 2. The molecule has 0 aliphatic carbocycles. The van der Waals surface area contributed by atoms with E-state index in [1.807, 2.05) is 36.4 Å². The van der Waals surface area contributed by atoms with Crippen LogP contribution < -0.4 is 10.6 Å². The van der Waals surface area contributed by atoms with Crippen LogP contribution in [0.1, 0.15) is 12.5 Å². The van der Waals surface area contributed by atoms with Crippen LogP contribution in [-0.2, 0) is 6.54 Å². The number of hydrogen-bond acceptors (Lipinski definition) is 4. The fourth-order valence-corrected chi connectivity index (χ4v) is 1.70. The van der Waals surface area contributed by atoms with Crippen LogP contribution in [-0.4, -0.2) is 16.7 Å². The maximum absolute atomic E-state index is 5.94. The second kappa shape index (κ2) is 5.30. The average molecular weight is 228 g/mol. The van der Waals surface area contributed by atoms with Crippen LogP contribution in [0.5, 0.6) is 0 Å². The molecule has 0 saturated heterocycles. The Morgan fingerprint density at radius 3 is 2.65 bits per heavy atom. The molecule has 0 fully saturated rings.